The van der Waals surface area contributed by atoms with E-state index >= 15 is 0 Å². The predicted molar refractivity (Wildman–Crippen MR) is 202 cm³/mol. The Morgan fingerprint density at radius 2 is 1.21 bits per heavy atom. The molecule has 0 unspecified atom stereocenters. The zero-order chi connectivity index (χ0) is 30.9. The van der Waals surface area contributed by atoms with Crippen molar-refractivity contribution in [2.75, 3.05) is 4.90 Å². The highest BCUT2D eigenvalue weighted by atomic mass is 32.1. The first kappa shape index (κ1) is 26.6. The average Bonchev–Trinajstić information content (AvgIpc) is 3.82. The van der Waals surface area contributed by atoms with Gasteiger partial charge in [-0.2, -0.15) is 0 Å². The summed E-state index contributed by atoms with van der Waals surface area (Å²) in [6.45, 7) is 0. The predicted octanol–water partition coefficient (Wildman–Crippen LogP) is 13.1. The number of thiophene rings is 1. The van der Waals surface area contributed by atoms with Gasteiger partial charge in [0.2, 0.25) is 0 Å². The summed E-state index contributed by atoms with van der Waals surface area (Å²) in [4.78, 5) is 8.99. The number of anilines is 3. The molecule has 0 N–H and O–H groups in total. The van der Waals surface area contributed by atoms with E-state index in [4.69, 9.17) is 4.98 Å². The van der Waals surface area contributed by atoms with Crippen molar-refractivity contribution in [3.63, 3.8) is 0 Å². The van der Waals surface area contributed by atoms with Crippen LogP contribution in [0.25, 0.3) is 74.3 Å². The van der Waals surface area contributed by atoms with E-state index in [1.807, 2.05) is 11.3 Å². The van der Waals surface area contributed by atoms with Crippen molar-refractivity contribution in [2.24, 2.45) is 0 Å². The van der Waals surface area contributed by atoms with Gasteiger partial charge in [0, 0.05) is 43.5 Å². The maximum Gasteiger partial charge on any atom is 0.124 e. The van der Waals surface area contributed by atoms with Crippen LogP contribution >= 0.6 is 22.7 Å². The maximum atomic E-state index is 5.28. The third-order valence-corrected chi connectivity index (χ3v) is 11.6. The van der Waals surface area contributed by atoms with Crippen molar-refractivity contribution in [1.29, 1.82) is 0 Å². The molecule has 9 aromatic rings. The minimum Gasteiger partial charge on any atom is -0.309 e. The van der Waals surface area contributed by atoms with Crippen molar-refractivity contribution in [3.05, 3.63) is 158 Å². The minimum atomic E-state index is 1.06. The second-order valence-corrected chi connectivity index (χ2v) is 14.0. The van der Waals surface area contributed by atoms with Gasteiger partial charge in [-0.05, 0) is 58.3 Å². The highest BCUT2D eigenvalue weighted by molar-refractivity contribution is 7.26. The van der Waals surface area contributed by atoms with E-state index < -0.39 is 0 Å². The summed E-state index contributed by atoms with van der Waals surface area (Å²) in [5.41, 5.74) is 10.6. The Hall–Kier alpha value is -5.55. The Balaban J connectivity index is 1.23. The van der Waals surface area contributed by atoms with Crippen LogP contribution in [0, 0.1) is 0 Å². The molecule has 0 fully saturated rings. The molecule has 1 aliphatic rings. The average molecular weight is 635 g/mol. The number of benzene rings is 7. The fourth-order valence-electron chi connectivity index (χ4n) is 7.10. The number of thiazole rings is 1. The summed E-state index contributed by atoms with van der Waals surface area (Å²) in [6, 6.07) is 57.0. The van der Waals surface area contributed by atoms with Gasteiger partial charge >= 0.3 is 0 Å². The van der Waals surface area contributed by atoms with E-state index in [1.165, 1.54) is 63.8 Å². The first-order valence-electron chi connectivity index (χ1n) is 15.8. The summed E-state index contributed by atoms with van der Waals surface area (Å²) in [5, 5.41) is 6.17. The van der Waals surface area contributed by atoms with Gasteiger partial charge in [0.05, 0.1) is 21.0 Å². The first-order valence-corrected chi connectivity index (χ1v) is 17.4. The third kappa shape index (κ3) is 4.19. The van der Waals surface area contributed by atoms with Gasteiger partial charge in [-0.1, -0.05) is 121 Å². The molecule has 0 radical (unpaired) electrons. The van der Waals surface area contributed by atoms with Gasteiger partial charge in [0.15, 0.2) is 0 Å². The zero-order valence-electron chi connectivity index (χ0n) is 25.2. The second-order valence-electron chi connectivity index (χ2n) is 12.0. The zero-order valence-corrected chi connectivity index (χ0v) is 26.9. The second kappa shape index (κ2) is 10.5. The summed E-state index contributed by atoms with van der Waals surface area (Å²) in [6.07, 6.45) is 0. The first-order chi connectivity index (χ1) is 23.3. The molecular weight excluding hydrogens is 609 g/mol. The monoisotopic (exact) mass is 634 g/mol. The molecule has 0 aliphatic heterocycles. The summed E-state index contributed by atoms with van der Waals surface area (Å²) < 4.78 is 2.58. The van der Waals surface area contributed by atoms with E-state index in [2.05, 4.69) is 163 Å². The molecule has 0 amide bonds. The van der Waals surface area contributed by atoms with Crippen molar-refractivity contribution in [1.82, 2.24) is 4.98 Å². The van der Waals surface area contributed by atoms with Crippen LogP contribution in [-0.4, -0.2) is 4.98 Å². The Morgan fingerprint density at radius 3 is 2.09 bits per heavy atom. The van der Waals surface area contributed by atoms with E-state index in [9.17, 15) is 0 Å². The normalized spacial score (nSPS) is 11.8. The standard InChI is InChI=1S/C43H26N2S2/c1-3-12-27(13-4-1)29-16-9-18-31(24-29)45(37-22-11-20-34-33-19-7-8-23-38(33)46-41(34)37)32-25-30-17-10-21-35-39(30)36(26-32)40-42(35)47-43(44-40)28-14-5-2-6-15-28/h1-26H. The smallest absolute Gasteiger partial charge is 0.124 e. The lowest BCUT2D eigenvalue weighted by Crippen LogP contribution is -2.10. The molecule has 0 saturated carbocycles. The van der Waals surface area contributed by atoms with Crippen molar-refractivity contribution >= 4 is 70.7 Å². The lowest BCUT2D eigenvalue weighted by atomic mass is 10.0. The van der Waals surface area contributed by atoms with Crippen molar-refractivity contribution in [2.45, 2.75) is 0 Å². The van der Waals surface area contributed by atoms with E-state index in [-0.39, 0.29) is 0 Å². The van der Waals surface area contributed by atoms with Crippen molar-refractivity contribution in [3.8, 4) is 43.4 Å². The molecule has 4 heteroatoms. The van der Waals surface area contributed by atoms with Gasteiger partial charge < -0.3 is 4.90 Å². The molecular formula is C43H26N2S2. The van der Waals surface area contributed by atoms with Gasteiger partial charge in [-0.25, -0.2) is 4.98 Å². The fourth-order valence-corrected chi connectivity index (χ4v) is 9.42. The topological polar surface area (TPSA) is 16.1 Å². The molecule has 2 aromatic heterocycles. The number of nitrogens with zero attached hydrogens (tertiary/aromatic N) is 2. The summed E-state index contributed by atoms with van der Waals surface area (Å²) in [5.74, 6) is 0. The van der Waals surface area contributed by atoms with Gasteiger partial charge in [0.25, 0.3) is 0 Å². The number of aromatic nitrogens is 1. The number of hydrogen-bond acceptors (Lipinski definition) is 4. The number of hydrogen-bond donors (Lipinski definition) is 0. The van der Waals surface area contributed by atoms with Crippen LogP contribution in [0.2, 0.25) is 0 Å². The minimum absolute atomic E-state index is 1.06. The van der Waals surface area contributed by atoms with E-state index in [1.54, 1.807) is 11.3 Å². The molecule has 0 saturated heterocycles. The molecule has 1 aliphatic carbocycles. The lowest BCUT2D eigenvalue weighted by molar-refractivity contribution is 1.31. The van der Waals surface area contributed by atoms with Gasteiger partial charge in [-0.3, -0.25) is 0 Å². The Labute approximate surface area is 280 Å². The SMILES string of the molecule is c1ccc(-c2cccc(N(c3cc4c5c(cccc5c3)-c3sc(-c5ccccc5)nc3-4)c3cccc4c3sc3ccccc34)c2)cc1. The van der Waals surface area contributed by atoms with Gasteiger partial charge in [0.1, 0.15) is 5.01 Å². The fraction of sp³-hybridized carbons (Fsp3) is 0. The summed E-state index contributed by atoms with van der Waals surface area (Å²) in [7, 11) is 0. The van der Waals surface area contributed by atoms with Crippen LogP contribution in [0.1, 0.15) is 0 Å². The van der Waals surface area contributed by atoms with Crippen LogP contribution in [0.4, 0.5) is 17.1 Å². The molecule has 0 spiro atoms. The van der Waals surface area contributed by atoms with Crippen LogP contribution < -0.4 is 4.90 Å². The molecule has 10 rings (SSSR count). The highest BCUT2D eigenvalue weighted by Gasteiger charge is 2.28. The van der Waals surface area contributed by atoms with Gasteiger partial charge in [-0.15, -0.1) is 22.7 Å². The van der Waals surface area contributed by atoms with E-state index in [0.717, 1.165) is 27.6 Å². The molecule has 7 aromatic carbocycles. The van der Waals surface area contributed by atoms with Crippen molar-refractivity contribution < 1.29 is 0 Å². The Morgan fingerprint density at radius 1 is 0.489 bits per heavy atom. The molecule has 0 bridgehead atoms. The van der Waals surface area contributed by atoms with Crippen LogP contribution in [-0.2, 0) is 0 Å². The third-order valence-electron chi connectivity index (χ3n) is 9.20. The highest BCUT2D eigenvalue weighted by Crippen LogP contribution is 2.54. The quantitative estimate of drug-likeness (QED) is 0.187. The molecule has 220 valence electrons. The number of rotatable bonds is 5. The Kier molecular flexibility index (Phi) is 5.95. The maximum absolute atomic E-state index is 5.28. The molecule has 0 atom stereocenters. The summed E-state index contributed by atoms with van der Waals surface area (Å²) >= 11 is 3.66. The molecule has 47 heavy (non-hydrogen) atoms. The number of fused-ring (bicyclic) bond motifs is 6. The van der Waals surface area contributed by atoms with E-state index in [0.29, 0.717) is 0 Å². The molecule has 2 nitrogen and oxygen atoms in total. The Bertz CT molecular complexity index is 2630. The largest absolute Gasteiger partial charge is 0.309 e. The van der Waals surface area contributed by atoms with Crippen LogP contribution in [0.5, 0.6) is 0 Å². The van der Waals surface area contributed by atoms with Crippen LogP contribution in [0.15, 0.2) is 158 Å². The lowest BCUT2D eigenvalue weighted by Gasteiger charge is -2.27. The van der Waals surface area contributed by atoms with Crippen LogP contribution in [0.3, 0.4) is 0 Å². The molecule has 2 heterocycles.